The summed E-state index contributed by atoms with van der Waals surface area (Å²) in [5.74, 6) is 0. The minimum absolute atomic E-state index is 0.410. The van der Waals surface area contributed by atoms with E-state index in [4.69, 9.17) is 0 Å². The molecule has 0 fully saturated rings. The smallest absolute Gasteiger partial charge is 0.0320 e. The van der Waals surface area contributed by atoms with Crippen molar-refractivity contribution in [2.45, 2.75) is 39.3 Å². The van der Waals surface area contributed by atoms with Gasteiger partial charge in [0, 0.05) is 17.1 Å². The van der Waals surface area contributed by atoms with Crippen molar-refractivity contribution in [3.8, 4) is 0 Å². The summed E-state index contributed by atoms with van der Waals surface area (Å²) in [6.07, 6.45) is 2.18. The second-order valence-corrected chi connectivity index (χ2v) is 5.93. The summed E-state index contributed by atoms with van der Waals surface area (Å²) in [5, 5.41) is 3.68. The molecule has 2 aromatic rings. The third-order valence-electron chi connectivity index (χ3n) is 3.72. The molecular weight excluding hydrogens is 310 g/mol. The minimum Gasteiger partial charge on any atom is -0.306 e. The van der Waals surface area contributed by atoms with Crippen molar-refractivity contribution in [1.29, 1.82) is 0 Å². The van der Waals surface area contributed by atoms with Crippen molar-refractivity contribution in [2.24, 2.45) is 0 Å². The quantitative estimate of drug-likeness (QED) is 0.761. The summed E-state index contributed by atoms with van der Waals surface area (Å²) in [7, 11) is 0. The Labute approximate surface area is 130 Å². The molecule has 2 aromatic carbocycles. The van der Waals surface area contributed by atoms with Crippen LogP contribution in [0, 0.1) is 0 Å². The molecule has 0 spiro atoms. The molecule has 0 radical (unpaired) electrons. The van der Waals surface area contributed by atoms with Gasteiger partial charge in [0.05, 0.1) is 0 Å². The Bertz CT molecular complexity index is 533. The first-order valence-electron chi connectivity index (χ1n) is 7.30. The molecule has 0 amide bonds. The number of hydrogen-bond donors (Lipinski definition) is 1. The normalized spacial score (nSPS) is 12.3. The van der Waals surface area contributed by atoms with Gasteiger partial charge in [-0.3, -0.25) is 0 Å². The van der Waals surface area contributed by atoms with Gasteiger partial charge in [-0.25, -0.2) is 0 Å². The number of hydrogen-bond acceptors (Lipinski definition) is 1. The maximum atomic E-state index is 3.68. The lowest BCUT2D eigenvalue weighted by molar-refractivity contribution is 0.517. The lowest BCUT2D eigenvalue weighted by atomic mass is 10.0. The third-order valence-corrected chi connectivity index (χ3v) is 4.25. The largest absolute Gasteiger partial charge is 0.306 e. The van der Waals surface area contributed by atoms with E-state index in [1.807, 2.05) is 0 Å². The van der Waals surface area contributed by atoms with Crippen LogP contribution in [0.1, 0.15) is 43.0 Å². The van der Waals surface area contributed by atoms with E-state index < -0.39 is 0 Å². The lowest BCUT2D eigenvalue weighted by Crippen LogP contribution is -2.20. The van der Waals surface area contributed by atoms with Gasteiger partial charge in [0.1, 0.15) is 0 Å². The van der Waals surface area contributed by atoms with Crippen molar-refractivity contribution >= 4 is 15.9 Å². The zero-order chi connectivity index (χ0) is 14.4. The van der Waals surface area contributed by atoms with Crippen LogP contribution in [0.15, 0.2) is 53.0 Å². The van der Waals surface area contributed by atoms with Crippen LogP contribution in [-0.4, -0.2) is 0 Å². The molecule has 106 valence electrons. The third kappa shape index (κ3) is 3.94. The highest BCUT2D eigenvalue weighted by Crippen LogP contribution is 2.20. The molecule has 0 heterocycles. The summed E-state index contributed by atoms with van der Waals surface area (Å²) < 4.78 is 1.13. The maximum Gasteiger partial charge on any atom is 0.0320 e. The number of rotatable bonds is 6. The standard InChI is InChI=1S/C18H22BrN/c1-3-14-7-5-6-8-16(14)13-20-18(4-2)15-9-11-17(19)12-10-15/h5-12,18,20H,3-4,13H2,1-2H3. The summed E-state index contributed by atoms with van der Waals surface area (Å²) in [6, 6.07) is 17.7. The van der Waals surface area contributed by atoms with E-state index in [1.165, 1.54) is 16.7 Å². The molecule has 0 aliphatic heterocycles. The molecule has 0 saturated carbocycles. The van der Waals surface area contributed by atoms with E-state index in [9.17, 15) is 0 Å². The Morgan fingerprint density at radius 3 is 2.20 bits per heavy atom. The van der Waals surface area contributed by atoms with E-state index in [-0.39, 0.29) is 0 Å². The van der Waals surface area contributed by atoms with Crippen LogP contribution in [0.3, 0.4) is 0 Å². The van der Waals surface area contributed by atoms with Gasteiger partial charge >= 0.3 is 0 Å². The fraction of sp³-hybridized carbons (Fsp3) is 0.333. The molecule has 2 heteroatoms. The second kappa shape index (κ2) is 7.61. The molecule has 1 nitrogen and oxygen atoms in total. The second-order valence-electron chi connectivity index (χ2n) is 5.02. The van der Waals surface area contributed by atoms with E-state index in [0.717, 1.165) is 23.9 Å². The van der Waals surface area contributed by atoms with Crippen LogP contribution in [0.25, 0.3) is 0 Å². The molecule has 1 atom stereocenters. The highest BCUT2D eigenvalue weighted by atomic mass is 79.9. The number of aryl methyl sites for hydroxylation is 1. The summed E-state index contributed by atoms with van der Waals surface area (Å²) in [4.78, 5) is 0. The fourth-order valence-corrected chi connectivity index (χ4v) is 2.77. The van der Waals surface area contributed by atoms with E-state index >= 15 is 0 Å². The van der Waals surface area contributed by atoms with Crippen LogP contribution in [0.4, 0.5) is 0 Å². The number of nitrogens with one attached hydrogen (secondary N) is 1. The van der Waals surface area contributed by atoms with Gasteiger partial charge in [-0.15, -0.1) is 0 Å². The molecule has 1 N–H and O–H groups in total. The molecule has 1 unspecified atom stereocenters. The summed E-state index contributed by atoms with van der Waals surface area (Å²) in [6.45, 7) is 5.37. The molecule has 0 aliphatic rings. The zero-order valence-electron chi connectivity index (χ0n) is 12.2. The van der Waals surface area contributed by atoms with E-state index in [0.29, 0.717) is 6.04 Å². The first kappa shape index (κ1) is 15.3. The highest BCUT2D eigenvalue weighted by Gasteiger charge is 2.09. The Morgan fingerprint density at radius 1 is 0.950 bits per heavy atom. The van der Waals surface area contributed by atoms with Crippen molar-refractivity contribution in [3.05, 3.63) is 69.7 Å². The van der Waals surface area contributed by atoms with E-state index in [2.05, 4.69) is 83.6 Å². The molecule has 0 aliphatic carbocycles. The molecular formula is C18H22BrN. The number of benzene rings is 2. The van der Waals surface area contributed by atoms with Crippen molar-refractivity contribution in [3.63, 3.8) is 0 Å². The van der Waals surface area contributed by atoms with Gasteiger partial charge in [-0.05, 0) is 41.7 Å². The molecule has 0 bridgehead atoms. The van der Waals surface area contributed by atoms with Crippen LogP contribution in [0.2, 0.25) is 0 Å². The predicted octanol–water partition coefficient (Wildman–Crippen LogP) is 5.25. The summed E-state index contributed by atoms with van der Waals surface area (Å²) >= 11 is 3.49. The molecule has 0 aromatic heterocycles. The van der Waals surface area contributed by atoms with Crippen molar-refractivity contribution in [2.75, 3.05) is 0 Å². The van der Waals surface area contributed by atoms with Gasteiger partial charge in [-0.2, -0.15) is 0 Å². The van der Waals surface area contributed by atoms with Gasteiger partial charge in [0.25, 0.3) is 0 Å². The van der Waals surface area contributed by atoms with Crippen LogP contribution in [-0.2, 0) is 13.0 Å². The zero-order valence-corrected chi connectivity index (χ0v) is 13.8. The lowest BCUT2D eigenvalue weighted by Gasteiger charge is -2.19. The Hall–Kier alpha value is -1.12. The SMILES string of the molecule is CCc1ccccc1CNC(CC)c1ccc(Br)cc1. The minimum atomic E-state index is 0.410. The van der Waals surface area contributed by atoms with Crippen LogP contribution >= 0.6 is 15.9 Å². The molecule has 0 saturated heterocycles. The van der Waals surface area contributed by atoms with E-state index in [1.54, 1.807) is 0 Å². The Balaban J connectivity index is 2.05. The van der Waals surface area contributed by atoms with Crippen molar-refractivity contribution < 1.29 is 0 Å². The Kier molecular flexibility index (Phi) is 5.81. The highest BCUT2D eigenvalue weighted by molar-refractivity contribution is 9.10. The van der Waals surface area contributed by atoms with Gasteiger partial charge in [0.2, 0.25) is 0 Å². The van der Waals surface area contributed by atoms with Crippen molar-refractivity contribution in [1.82, 2.24) is 5.32 Å². The number of halogens is 1. The Morgan fingerprint density at radius 2 is 1.60 bits per heavy atom. The first-order chi connectivity index (χ1) is 9.74. The van der Waals surface area contributed by atoms with Gasteiger partial charge in [0.15, 0.2) is 0 Å². The van der Waals surface area contributed by atoms with Crippen LogP contribution < -0.4 is 5.32 Å². The summed E-state index contributed by atoms with van der Waals surface area (Å²) in [5.41, 5.74) is 4.20. The average Bonchev–Trinajstić information content (AvgIpc) is 2.50. The average molecular weight is 332 g/mol. The molecule has 2 rings (SSSR count). The predicted molar refractivity (Wildman–Crippen MR) is 89.8 cm³/mol. The van der Waals surface area contributed by atoms with Gasteiger partial charge in [-0.1, -0.05) is 66.2 Å². The fourth-order valence-electron chi connectivity index (χ4n) is 2.50. The van der Waals surface area contributed by atoms with Crippen LogP contribution in [0.5, 0.6) is 0 Å². The molecule has 20 heavy (non-hydrogen) atoms. The monoisotopic (exact) mass is 331 g/mol. The topological polar surface area (TPSA) is 12.0 Å². The first-order valence-corrected chi connectivity index (χ1v) is 8.09. The maximum absolute atomic E-state index is 3.68. The van der Waals surface area contributed by atoms with Gasteiger partial charge < -0.3 is 5.32 Å².